The van der Waals surface area contributed by atoms with Gasteiger partial charge in [-0.1, -0.05) is 6.92 Å². The maximum atomic E-state index is 5.21. The summed E-state index contributed by atoms with van der Waals surface area (Å²) in [6, 6.07) is 8.16. The largest absolute Gasteiger partial charge is 0.496 e. The fraction of sp³-hybridized carbons (Fsp3) is 0.333. The van der Waals surface area contributed by atoms with Gasteiger partial charge in [-0.15, -0.1) is 0 Å². The van der Waals surface area contributed by atoms with Crippen LogP contribution in [0.1, 0.15) is 18.9 Å². The first-order valence-electron chi connectivity index (χ1n) is 6.45. The van der Waals surface area contributed by atoms with Crippen LogP contribution in [0.15, 0.2) is 41.1 Å². The van der Waals surface area contributed by atoms with Gasteiger partial charge in [0.15, 0.2) is 0 Å². The lowest BCUT2D eigenvalue weighted by atomic mass is 10.3. The Bertz CT molecular complexity index is 537. The fourth-order valence-electron chi connectivity index (χ4n) is 1.97. The Kier molecular flexibility index (Phi) is 4.91. The maximum absolute atomic E-state index is 5.21. The third-order valence-corrected chi connectivity index (χ3v) is 3.56. The number of hydrogen-bond donors (Lipinski definition) is 1. The van der Waals surface area contributed by atoms with Crippen molar-refractivity contribution in [2.24, 2.45) is 0 Å². The van der Waals surface area contributed by atoms with Crippen molar-refractivity contribution in [1.82, 2.24) is 4.57 Å². The molecule has 0 fully saturated rings. The minimum absolute atomic E-state index is 0.829. The van der Waals surface area contributed by atoms with Crippen molar-refractivity contribution in [3.8, 4) is 5.75 Å². The Morgan fingerprint density at radius 2 is 2.16 bits per heavy atom. The predicted molar refractivity (Wildman–Crippen MR) is 82.7 cm³/mol. The highest BCUT2D eigenvalue weighted by Crippen LogP contribution is 2.27. The summed E-state index contributed by atoms with van der Waals surface area (Å²) in [4.78, 5) is 0. The van der Waals surface area contributed by atoms with E-state index in [2.05, 4.69) is 51.2 Å². The summed E-state index contributed by atoms with van der Waals surface area (Å²) in [5.41, 5.74) is 2.37. The van der Waals surface area contributed by atoms with Crippen LogP contribution in [-0.2, 0) is 13.1 Å². The molecule has 0 spiro atoms. The van der Waals surface area contributed by atoms with Crippen molar-refractivity contribution >= 4 is 21.6 Å². The van der Waals surface area contributed by atoms with E-state index in [9.17, 15) is 0 Å². The average molecular weight is 323 g/mol. The molecule has 0 amide bonds. The number of methoxy groups -OCH3 is 1. The van der Waals surface area contributed by atoms with E-state index < -0.39 is 0 Å². The van der Waals surface area contributed by atoms with Gasteiger partial charge in [-0.3, -0.25) is 0 Å². The predicted octanol–water partition coefficient (Wildman–Crippen LogP) is 4.28. The van der Waals surface area contributed by atoms with Crippen molar-refractivity contribution in [1.29, 1.82) is 0 Å². The number of benzene rings is 1. The highest BCUT2D eigenvalue weighted by Gasteiger charge is 2.02. The first kappa shape index (κ1) is 14.0. The molecule has 1 heterocycles. The first-order valence-corrected chi connectivity index (χ1v) is 7.24. The smallest absolute Gasteiger partial charge is 0.133 e. The SMILES string of the molecule is CCCn1ccc(CNc2ccc(OC)c(Br)c2)c1. The van der Waals surface area contributed by atoms with Gasteiger partial charge in [0.25, 0.3) is 0 Å². The number of nitrogens with one attached hydrogen (secondary N) is 1. The van der Waals surface area contributed by atoms with Crippen molar-refractivity contribution in [3.63, 3.8) is 0 Å². The Balaban J connectivity index is 1.95. The zero-order valence-electron chi connectivity index (χ0n) is 11.3. The van der Waals surface area contributed by atoms with Crippen LogP contribution in [0, 0.1) is 0 Å². The standard InChI is InChI=1S/C15H19BrN2O/c1-3-7-18-8-6-12(11-18)10-17-13-4-5-15(19-2)14(16)9-13/h4-6,8-9,11,17H,3,7,10H2,1-2H3. The molecule has 102 valence electrons. The van der Waals surface area contributed by atoms with E-state index >= 15 is 0 Å². The van der Waals surface area contributed by atoms with Gasteiger partial charge in [0, 0.05) is 31.2 Å². The third kappa shape index (κ3) is 3.77. The Morgan fingerprint density at radius 3 is 2.84 bits per heavy atom. The van der Waals surface area contributed by atoms with Gasteiger partial charge in [0.1, 0.15) is 5.75 Å². The zero-order chi connectivity index (χ0) is 13.7. The van der Waals surface area contributed by atoms with E-state index in [0.717, 1.165) is 35.4 Å². The Labute approximate surface area is 122 Å². The molecule has 19 heavy (non-hydrogen) atoms. The monoisotopic (exact) mass is 322 g/mol. The number of ether oxygens (including phenoxy) is 1. The van der Waals surface area contributed by atoms with Gasteiger partial charge in [-0.25, -0.2) is 0 Å². The molecule has 0 radical (unpaired) electrons. The number of hydrogen-bond acceptors (Lipinski definition) is 2. The molecule has 2 rings (SSSR count). The lowest BCUT2D eigenvalue weighted by Crippen LogP contribution is -1.99. The molecule has 1 N–H and O–H groups in total. The van der Waals surface area contributed by atoms with Gasteiger partial charge in [-0.05, 0) is 52.2 Å². The number of rotatable bonds is 6. The van der Waals surface area contributed by atoms with Crippen molar-refractivity contribution in [2.45, 2.75) is 26.4 Å². The van der Waals surface area contributed by atoms with Crippen LogP contribution in [0.2, 0.25) is 0 Å². The Hall–Kier alpha value is -1.42. The van der Waals surface area contributed by atoms with Gasteiger partial charge in [-0.2, -0.15) is 0 Å². The molecule has 0 aliphatic rings. The molecule has 1 aromatic carbocycles. The van der Waals surface area contributed by atoms with Crippen LogP contribution < -0.4 is 10.1 Å². The van der Waals surface area contributed by atoms with Crippen LogP contribution >= 0.6 is 15.9 Å². The second-order valence-electron chi connectivity index (χ2n) is 4.46. The molecule has 2 aromatic rings. The van der Waals surface area contributed by atoms with Gasteiger partial charge in [0.2, 0.25) is 0 Å². The minimum Gasteiger partial charge on any atom is -0.496 e. The number of halogens is 1. The molecule has 0 saturated carbocycles. The molecule has 0 aliphatic heterocycles. The topological polar surface area (TPSA) is 26.2 Å². The molecule has 0 atom stereocenters. The molecule has 0 aliphatic carbocycles. The molecular weight excluding hydrogens is 304 g/mol. The summed E-state index contributed by atoms with van der Waals surface area (Å²) in [6.07, 6.45) is 5.48. The normalized spacial score (nSPS) is 10.5. The highest BCUT2D eigenvalue weighted by atomic mass is 79.9. The van der Waals surface area contributed by atoms with Crippen LogP contribution in [0.3, 0.4) is 0 Å². The fourth-order valence-corrected chi connectivity index (χ4v) is 2.51. The van der Waals surface area contributed by atoms with E-state index in [0.29, 0.717) is 0 Å². The molecule has 0 unspecified atom stereocenters. The summed E-state index contributed by atoms with van der Waals surface area (Å²) in [6.45, 7) is 4.09. The molecule has 0 saturated heterocycles. The molecular formula is C15H19BrN2O. The van der Waals surface area contributed by atoms with Crippen LogP contribution in [0.5, 0.6) is 5.75 Å². The van der Waals surface area contributed by atoms with Crippen molar-refractivity contribution in [2.75, 3.05) is 12.4 Å². The van der Waals surface area contributed by atoms with E-state index in [-0.39, 0.29) is 0 Å². The molecule has 3 nitrogen and oxygen atoms in total. The molecule has 1 aromatic heterocycles. The second kappa shape index (κ2) is 6.66. The number of aryl methyl sites for hydroxylation is 1. The van der Waals surface area contributed by atoms with E-state index in [1.165, 1.54) is 5.56 Å². The molecule has 0 bridgehead atoms. The van der Waals surface area contributed by atoms with Crippen LogP contribution in [0.4, 0.5) is 5.69 Å². The summed E-state index contributed by atoms with van der Waals surface area (Å²) < 4.78 is 8.40. The van der Waals surface area contributed by atoms with E-state index in [4.69, 9.17) is 4.74 Å². The van der Waals surface area contributed by atoms with Gasteiger partial charge in [0.05, 0.1) is 11.6 Å². The minimum atomic E-state index is 0.829. The molecule has 4 heteroatoms. The van der Waals surface area contributed by atoms with Crippen LogP contribution in [0.25, 0.3) is 0 Å². The first-order chi connectivity index (χ1) is 9.22. The number of aromatic nitrogens is 1. The van der Waals surface area contributed by atoms with E-state index in [1.54, 1.807) is 7.11 Å². The van der Waals surface area contributed by atoms with Gasteiger partial charge >= 0.3 is 0 Å². The van der Waals surface area contributed by atoms with E-state index in [1.807, 2.05) is 18.2 Å². The lowest BCUT2D eigenvalue weighted by molar-refractivity contribution is 0.412. The van der Waals surface area contributed by atoms with Crippen LogP contribution in [-0.4, -0.2) is 11.7 Å². The average Bonchev–Trinajstić information content (AvgIpc) is 2.85. The van der Waals surface area contributed by atoms with Gasteiger partial charge < -0.3 is 14.6 Å². The number of nitrogens with zero attached hydrogens (tertiary/aromatic N) is 1. The maximum Gasteiger partial charge on any atom is 0.133 e. The lowest BCUT2D eigenvalue weighted by Gasteiger charge is -2.08. The van der Waals surface area contributed by atoms with Crippen molar-refractivity contribution in [3.05, 3.63) is 46.7 Å². The second-order valence-corrected chi connectivity index (χ2v) is 5.31. The van der Waals surface area contributed by atoms with Crippen molar-refractivity contribution < 1.29 is 4.74 Å². The summed E-state index contributed by atoms with van der Waals surface area (Å²) in [5, 5.41) is 3.41. The number of anilines is 1. The Morgan fingerprint density at radius 1 is 1.32 bits per heavy atom. The summed E-state index contributed by atoms with van der Waals surface area (Å²) in [5.74, 6) is 0.847. The summed E-state index contributed by atoms with van der Waals surface area (Å²) in [7, 11) is 1.67. The third-order valence-electron chi connectivity index (χ3n) is 2.94. The summed E-state index contributed by atoms with van der Waals surface area (Å²) >= 11 is 3.49. The zero-order valence-corrected chi connectivity index (χ0v) is 12.9. The highest BCUT2D eigenvalue weighted by molar-refractivity contribution is 9.10. The quantitative estimate of drug-likeness (QED) is 0.859.